The summed E-state index contributed by atoms with van der Waals surface area (Å²) >= 11 is 0. The maximum atomic E-state index is 11.0. The summed E-state index contributed by atoms with van der Waals surface area (Å²) in [6.45, 7) is 6.68. The molecule has 1 N–H and O–H groups in total. The first-order valence-electron chi connectivity index (χ1n) is 12.4. The Bertz CT molecular complexity index is 1010. The van der Waals surface area contributed by atoms with Crippen LogP contribution in [-0.2, 0) is 6.54 Å². The maximum absolute atomic E-state index is 11.0. The highest BCUT2D eigenvalue weighted by Crippen LogP contribution is 2.36. The van der Waals surface area contributed by atoms with Crippen molar-refractivity contribution in [3.63, 3.8) is 0 Å². The molecule has 33 heavy (non-hydrogen) atoms. The second kappa shape index (κ2) is 10.1. The summed E-state index contributed by atoms with van der Waals surface area (Å²) in [4.78, 5) is 4.78. The lowest BCUT2D eigenvalue weighted by Crippen LogP contribution is -2.34. The van der Waals surface area contributed by atoms with Crippen molar-refractivity contribution in [3.05, 3.63) is 71.8 Å². The first-order chi connectivity index (χ1) is 16.2. The highest BCUT2D eigenvalue weighted by Gasteiger charge is 2.30. The Morgan fingerprint density at radius 2 is 1.67 bits per heavy atom. The number of piperidine rings is 1. The molecule has 1 atom stereocenters. The zero-order valence-corrected chi connectivity index (χ0v) is 19.6. The maximum Gasteiger partial charge on any atom is 0.232 e. The van der Waals surface area contributed by atoms with Crippen molar-refractivity contribution >= 4 is 5.88 Å². The lowest BCUT2D eigenvalue weighted by atomic mass is 9.98. The molecule has 0 amide bonds. The van der Waals surface area contributed by atoms with E-state index in [2.05, 4.69) is 46.1 Å². The van der Waals surface area contributed by atoms with Gasteiger partial charge in [0.25, 0.3) is 0 Å². The largest absolute Gasteiger partial charge is 0.387 e. The van der Waals surface area contributed by atoms with Crippen molar-refractivity contribution in [3.8, 4) is 11.3 Å². The van der Waals surface area contributed by atoms with Gasteiger partial charge in [-0.25, -0.2) is 0 Å². The number of nitrogens with zero attached hydrogens (tertiary/aromatic N) is 3. The van der Waals surface area contributed by atoms with Gasteiger partial charge >= 0.3 is 0 Å². The SMILES string of the molecule is CC1CCN(c2onc(-c3ccccc3)c2CN(CC2CC2)CC(O)c2ccccc2)CC1. The zero-order valence-electron chi connectivity index (χ0n) is 19.6. The van der Waals surface area contributed by atoms with Gasteiger partial charge in [-0.1, -0.05) is 72.7 Å². The van der Waals surface area contributed by atoms with Gasteiger partial charge in [0.15, 0.2) is 0 Å². The molecule has 0 radical (unpaired) electrons. The van der Waals surface area contributed by atoms with E-state index in [9.17, 15) is 5.11 Å². The van der Waals surface area contributed by atoms with E-state index in [-0.39, 0.29) is 0 Å². The van der Waals surface area contributed by atoms with E-state index in [1.54, 1.807) is 0 Å². The monoisotopic (exact) mass is 445 g/mol. The van der Waals surface area contributed by atoms with E-state index in [0.29, 0.717) is 6.54 Å². The number of hydrogen-bond donors (Lipinski definition) is 1. The minimum atomic E-state index is -0.510. The van der Waals surface area contributed by atoms with E-state index in [4.69, 9.17) is 4.52 Å². The predicted octanol–water partition coefficient (Wildman–Crippen LogP) is 5.52. The normalized spacial score (nSPS) is 18.1. The Hall–Kier alpha value is -2.63. The van der Waals surface area contributed by atoms with Crippen LogP contribution in [-0.4, -0.2) is 41.3 Å². The smallest absolute Gasteiger partial charge is 0.232 e. The van der Waals surface area contributed by atoms with E-state index in [0.717, 1.165) is 66.3 Å². The Morgan fingerprint density at radius 3 is 2.33 bits per heavy atom. The van der Waals surface area contributed by atoms with Gasteiger partial charge in [0.1, 0.15) is 5.69 Å². The molecule has 1 saturated heterocycles. The quantitative estimate of drug-likeness (QED) is 0.470. The molecule has 2 fully saturated rings. The lowest BCUT2D eigenvalue weighted by molar-refractivity contribution is 0.106. The van der Waals surface area contributed by atoms with Crippen molar-refractivity contribution in [2.75, 3.05) is 31.1 Å². The first-order valence-corrected chi connectivity index (χ1v) is 12.4. The summed E-state index contributed by atoms with van der Waals surface area (Å²) in [6, 6.07) is 20.3. The fourth-order valence-corrected chi connectivity index (χ4v) is 4.84. The number of aliphatic hydroxyl groups is 1. The lowest BCUT2D eigenvalue weighted by Gasteiger charge is -2.31. The van der Waals surface area contributed by atoms with Crippen LogP contribution in [0.5, 0.6) is 0 Å². The zero-order chi connectivity index (χ0) is 22.6. The van der Waals surface area contributed by atoms with Crippen LogP contribution in [0.15, 0.2) is 65.2 Å². The van der Waals surface area contributed by atoms with Crippen molar-refractivity contribution in [1.82, 2.24) is 10.1 Å². The number of aliphatic hydroxyl groups excluding tert-OH is 1. The van der Waals surface area contributed by atoms with Crippen LogP contribution in [0.1, 0.15) is 49.8 Å². The van der Waals surface area contributed by atoms with E-state index in [1.807, 2.05) is 36.4 Å². The minimum Gasteiger partial charge on any atom is -0.387 e. The fourth-order valence-electron chi connectivity index (χ4n) is 4.84. The molecule has 2 aliphatic rings. The number of anilines is 1. The molecule has 2 heterocycles. The van der Waals surface area contributed by atoms with Gasteiger partial charge in [-0.3, -0.25) is 4.90 Å². The highest BCUT2D eigenvalue weighted by atomic mass is 16.5. The molecule has 5 nitrogen and oxygen atoms in total. The Kier molecular flexibility index (Phi) is 6.79. The van der Waals surface area contributed by atoms with Gasteiger partial charge in [0.05, 0.1) is 11.7 Å². The Balaban J connectivity index is 1.43. The molecule has 1 saturated carbocycles. The minimum absolute atomic E-state index is 0.510. The molecule has 0 bridgehead atoms. The van der Waals surface area contributed by atoms with Crippen LogP contribution in [0.4, 0.5) is 5.88 Å². The molecule has 1 aliphatic carbocycles. The first kappa shape index (κ1) is 22.2. The third-order valence-electron chi connectivity index (χ3n) is 7.10. The molecule has 1 aromatic heterocycles. The van der Waals surface area contributed by atoms with E-state index < -0.39 is 6.10 Å². The van der Waals surface area contributed by atoms with Gasteiger partial charge in [-0.15, -0.1) is 0 Å². The van der Waals surface area contributed by atoms with Crippen LogP contribution in [0, 0.1) is 11.8 Å². The van der Waals surface area contributed by atoms with Crippen LogP contribution in [0.25, 0.3) is 11.3 Å². The molecule has 1 aliphatic heterocycles. The number of benzene rings is 2. The molecular weight excluding hydrogens is 410 g/mol. The van der Waals surface area contributed by atoms with Gasteiger partial charge in [0, 0.05) is 38.3 Å². The summed E-state index contributed by atoms with van der Waals surface area (Å²) in [7, 11) is 0. The highest BCUT2D eigenvalue weighted by molar-refractivity contribution is 5.68. The number of rotatable bonds is 9. The molecule has 174 valence electrons. The van der Waals surface area contributed by atoms with Gasteiger partial charge < -0.3 is 14.5 Å². The van der Waals surface area contributed by atoms with Crippen LogP contribution < -0.4 is 4.90 Å². The topological polar surface area (TPSA) is 52.7 Å². The van der Waals surface area contributed by atoms with Crippen LogP contribution in [0.2, 0.25) is 0 Å². The van der Waals surface area contributed by atoms with Gasteiger partial charge in [0.2, 0.25) is 5.88 Å². The number of aromatic nitrogens is 1. The van der Waals surface area contributed by atoms with Gasteiger partial charge in [-0.05, 0) is 43.1 Å². The average Bonchev–Trinajstić information content (AvgIpc) is 3.57. The summed E-state index contributed by atoms with van der Waals surface area (Å²) in [5.74, 6) is 2.40. The summed E-state index contributed by atoms with van der Waals surface area (Å²) in [5.41, 5.74) is 4.14. The molecule has 1 unspecified atom stereocenters. The molecular formula is C28H35N3O2. The standard InChI is InChI=1S/C28H35N3O2/c1-21-14-16-31(17-15-21)28-25(27(29-33-28)24-10-6-3-7-11-24)19-30(18-22-12-13-22)20-26(32)23-8-4-2-5-9-23/h2-11,21-22,26,32H,12-20H2,1H3. The molecule has 2 aromatic carbocycles. The summed E-state index contributed by atoms with van der Waals surface area (Å²) in [5, 5.41) is 15.6. The predicted molar refractivity (Wildman–Crippen MR) is 132 cm³/mol. The second-order valence-corrected chi connectivity index (χ2v) is 9.91. The third kappa shape index (κ3) is 5.48. The average molecular weight is 446 g/mol. The summed E-state index contributed by atoms with van der Waals surface area (Å²) < 4.78 is 6.02. The molecule has 3 aromatic rings. The Morgan fingerprint density at radius 1 is 1.00 bits per heavy atom. The van der Waals surface area contributed by atoms with Gasteiger partial charge in [-0.2, -0.15) is 0 Å². The van der Waals surface area contributed by atoms with E-state index in [1.165, 1.54) is 25.7 Å². The van der Waals surface area contributed by atoms with Crippen LogP contribution in [0.3, 0.4) is 0 Å². The van der Waals surface area contributed by atoms with E-state index >= 15 is 0 Å². The van der Waals surface area contributed by atoms with Crippen molar-refractivity contribution in [2.45, 2.75) is 45.3 Å². The molecule has 5 rings (SSSR count). The van der Waals surface area contributed by atoms with Crippen LogP contribution >= 0.6 is 0 Å². The second-order valence-electron chi connectivity index (χ2n) is 9.91. The fraction of sp³-hybridized carbons (Fsp3) is 0.464. The molecule has 5 heteroatoms. The summed E-state index contributed by atoms with van der Waals surface area (Å²) in [6.07, 6.45) is 4.41. The van der Waals surface area contributed by atoms with Crippen molar-refractivity contribution in [2.24, 2.45) is 11.8 Å². The third-order valence-corrected chi connectivity index (χ3v) is 7.10. The van der Waals surface area contributed by atoms with Crippen molar-refractivity contribution < 1.29 is 9.63 Å². The van der Waals surface area contributed by atoms with Crippen molar-refractivity contribution in [1.29, 1.82) is 0 Å². The number of hydrogen-bond acceptors (Lipinski definition) is 5. The Labute approximate surface area is 197 Å². The molecule has 0 spiro atoms.